The Hall–Kier alpha value is -3.13. The van der Waals surface area contributed by atoms with Gasteiger partial charge in [-0.25, -0.2) is 8.42 Å². The van der Waals surface area contributed by atoms with Crippen molar-refractivity contribution in [1.29, 1.82) is 0 Å². The van der Waals surface area contributed by atoms with E-state index in [1.807, 2.05) is 37.3 Å². The lowest BCUT2D eigenvalue weighted by molar-refractivity contribution is 0.102. The van der Waals surface area contributed by atoms with Crippen LogP contribution in [0.1, 0.15) is 22.8 Å². The largest absolute Gasteiger partial charge is 0.322 e. The van der Waals surface area contributed by atoms with Crippen molar-refractivity contribution in [2.45, 2.75) is 19.4 Å². The number of hydrogen-bond donors (Lipinski definition) is 2. The van der Waals surface area contributed by atoms with Gasteiger partial charge in [0.15, 0.2) is 0 Å². The van der Waals surface area contributed by atoms with Crippen molar-refractivity contribution in [2.24, 2.45) is 0 Å². The van der Waals surface area contributed by atoms with Crippen molar-refractivity contribution in [3.05, 3.63) is 65.9 Å². The molecule has 1 aromatic heterocycles. The molecule has 2 N–H and O–H groups in total. The molecule has 4 rings (SSSR count). The molecule has 1 aliphatic rings. The van der Waals surface area contributed by atoms with Crippen LogP contribution in [0.5, 0.6) is 0 Å². The molecule has 1 atom stereocenters. The highest BCUT2D eigenvalue weighted by Gasteiger charge is 2.32. The highest BCUT2D eigenvalue weighted by Crippen LogP contribution is 2.34. The number of benzene rings is 2. The first-order chi connectivity index (χ1) is 13.3. The van der Waals surface area contributed by atoms with Gasteiger partial charge in [0.1, 0.15) is 0 Å². The molecule has 3 aromatic rings. The summed E-state index contributed by atoms with van der Waals surface area (Å²) < 4.78 is 25.5. The van der Waals surface area contributed by atoms with E-state index in [0.717, 1.165) is 16.8 Å². The SMILES string of the molecule is CC1Cc2cc(C(=O)Nc3cccc(-c4ccn[nH]4)c3)ccc2N1S(C)(=O)=O. The zero-order valence-electron chi connectivity index (χ0n) is 15.5. The van der Waals surface area contributed by atoms with Crippen molar-refractivity contribution in [3.8, 4) is 11.3 Å². The zero-order chi connectivity index (χ0) is 19.9. The van der Waals surface area contributed by atoms with Crippen molar-refractivity contribution in [3.63, 3.8) is 0 Å². The molecule has 144 valence electrons. The predicted molar refractivity (Wildman–Crippen MR) is 109 cm³/mol. The second-order valence-corrected chi connectivity index (χ2v) is 8.82. The van der Waals surface area contributed by atoms with E-state index < -0.39 is 10.0 Å². The van der Waals surface area contributed by atoms with Crippen LogP contribution in [0.4, 0.5) is 11.4 Å². The first kappa shape index (κ1) is 18.2. The lowest BCUT2D eigenvalue weighted by Crippen LogP contribution is -2.34. The van der Waals surface area contributed by atoms with Gasteiger partial charge in [0.2, 0.25) is 10.0 Å². The topological polar surface area (TPSA) is 95.2 Å². The van der Waals surface area contributed by atoms with Crippen LogP contribution in [0, 0.1) is 0 Å². The molecule has 0 spiro atoms. The summed E-state index contributed by atoms with van der Waals surface area (Å²) in [5.41, 5.74) is 4.45. The Morgan fingerprint density at radius 2 is 2.04 bits per heavy atom. The fraction of sp³-hybridized carbons (Fsp3) is 0.200. The number of aromatic nitrogens is 2. The number of hydrogen-bond acceptors (Lipinski definition) is 4. The number of rotatable bonds is 4. The highest BCUT2D eigenvalue weighted by atomic mass is 32.2. The lowest BCUT2D eigenvalue weighted by Gasteiger charge is -2.21. The molecule has 0 bridgehead atoms. The number of sulfonamides is 1. The summed E-state index contributed by atoms with van der Waals surface area (Å²) in [5.74, 6) is -0.241. The van der Waals surface area contributed by atoms with Crippen LogP contribution in [0.25, 0.3) is 11.3 Å². The summed E-state index contributed by atoms with van der Waals surface area (Å²) in [6.07, 6.45) is 3.46. The number of anilines is 2. The van der Waals surface area contributed by atoms with Gasteiger partial charge in [0, 0.05) is 29.1 Å². The predicted octanol–water partition coefficient (Wildman–Crippen LogP) is 3.04. The number of aromatic amines is 1. The van der Waals surface area contributed by atoms with Crippen LogP contribution in [0.2, 0.25) is 0 Å². The Labute approximate surface area is 163 Å². The van der Waals surface area contributed by atoms with E-state index in [1.54, 1.807) is 24.4 Å². The molecule has 2 heterocycles. The molecule has 0 radical (unpaired) electrons. The Morgan fingerprint density at radius 1 is 1.21 bits per heavy atom. The number of carbonyl (C=O) groups excluding carboxylic acids is 1. The summed E-state index contributed by atoms with van der Waals surface area (Å²) in [6, 6.07) is 14.3. The molecule has 7 nitrogen and oxygen atoms in total. The maximum absolute atomic E-state index is 12.7. The second kappa shape index (κ2) is 6.79. The summed E-state index contributed by atoms with van der Waals surface area (Å²) >= 11 is 0. The van der Waals surface area contributed by atoms with Gasteiger partial charge in [0.25, 0.3) is 5.91 Å². The van der Waals surface area contributed by atoms with Crippen molar-refractivity contribution >= 4 is 27.3 Å². The highest BCUT2D eigenvalue weighted by molar-refractivity contribution is 7.92. The van der Waals surface area contributed by atoms with E-state index in [2.05, 4.69) is 15.5 Å². The number of H-pyrrole nitrogens is 1. The fourth-order valence-corrected chi connectivity index (χ4v) is 4.90. The van der Waals surface area contributed by atoms with Gasteiger partial charge in [-0.15, -0.1) is 0 Å². The molecule has 1 amide bonds. The number of nitrogens with one attached hydrogen (secondary N) is 2. The molecule has 8 heteroatoms. The molecular formula is C20H20N4O3S. The van der Waals surface area contributed by atoms with E-state index in [-0.39, 0.29) is 11.9 Å². The van der Waals surface area contributed by atoms with Crippen LogP contribution in [0.15, 0.2) is 54.7 Å². The number of nitrogens with zero attached hydrogens (tertiary/aromatic N) is 2. The van der Waals surface area contributed by atoms with Crippen molar-refractivity contribution in [1.82, 2.24) is 10.2 Å². The average Bonchev–Trinajstić information content (AvgIpc) is 3.27. The Morgan fingerprint density at radius 3 is 2.75 bits per heavy atom. The van der Waals surface area contributed by atoms with Gasteiger partial charge in [0.05, 0.1) is 17.6 Å². The third kappa shape index (κ3) is 3.38. The molecule has 28 heavy (non-hydrogen) atoms. The third-order valence-electron chi connectivity index (χ3n) is 4.78. The maximum Gasteiger partial charge on any atom is 0.255 e. The van der Waals surface area contributed by atoms with Gasteiger partial charge in [-0.1, -0.05) is 12.1 Å². The van der Waals surface area contributed by atoms with Gasteiger partial charge >= 0.3 is 0 Å². The number of amides is 1. The number of fused-ring (bicyclic) bond motifs is 1. The van der Waals surface area contributed by atoms with Gasteiger partial charge in [-0.05, 0) is 55.3 Å². The van der Waals surface area contributed by atoms with E-state index in [1.165, 1.54) is 10.6 Å². The van der Waals surface area contributed by atoms with Crippen LogP contribution < -0.4 is 9.62 Å². The second-order valence-electron chi connectivity index (χ2n) is 6.96. The minimum atomic E-state index is -3.35. The monoisotopic (exact) mass is 396 g/mol. The van der Waals surface area contributed by atoms with Crippen molar-refractivity contribution in [2.75, 3.05) is 15.9 Å². The molecule has 0 saturated carbocycles. The molecule has 1 aliphatic heterocycles. The summed E-state index contributed by atoms with van der Waals surface area (Å²) in [4.78, 5) is 12.7. The minimum Gasteiger partial charge on any atom is -0.322 e. The summed E-state index contributed by atoms with van der Waals surface area (Å²) in [7, 11) is -3.35. The normalized spacial score (nSPS) is 16.1. The maximum atomic E-state index is 12.7. The Bertz CT molecular complexity index is 1140. The third-order valence-corrected chi connectivity index (χ3v) is 6.06. The first-order valence-electron chi connectivity index (χ1n) is 8.86. The molecule has 0 fully saturated rings. The standard InChI is InChI=1S/C20H20N4O3S/c1-13-10-16-11-15(6-7-19(16)24(13)28(2,26)27)20(25)22-17-5-3-4-14(12-17)18-8-9-21-23-18/h3-9,11-13H,10H2,1-2H3,(H,21,23)(H,22,25). The van der Waals surface area contributed by atoms with E-state index >= 15 is 0 Å². The smallest absolute Gasteiger partial charge is 0.255 e. The lowest BCUT2D eigenvalue weighted by atomic mass is 10.1. The first-order valence-corrected chi connectivity index (χ1v) is 10.7. The quantitative estimate of drug-likeness (QED) is 0.709. The average molecular weight is 396 g/mol. The van der Waals surface area contributed by atoms with Gasteiger partial charge < -0.3 is 5.32 Å². The van der Waals surface area contributed by atoms with E-state index in [4.69, 9.17) is 0 Å². The zero-order valence-corrected chi connectivity index (χ0v) is 16.3. The van der Waals surface area contributed by atoms with E-state index in [9.17, 15) is 13.2 Å². The van der Waals surface area contributed by atoms with E-state index in [0.29, 0.717) is 23.4 Å². The fourth-order valence-electron chi connectivity index (χ4n) is 3.63. The van der Waals surface area contributed by atoms with Gasteiger partial charge in [-0.3, -0.25) is 14.2 Å². The van der Waals surface area contributed by atoms with Crippen LogP contribution in [0.3, 0.4) is 0 Å². The minimum absolute atomic E-state index is 0.158. The van der Waals surface area contributed by atoms with Crippen molar-refractivity contribution < 1.29 is 13.2 Å². The van der Waals surface area contributed by atoms with Crippen LogP contribution in [-0.2, 0) is 16.4 Å². The molecule has 0 saturated heterocycles. The van der Waals surface area contributed by atoms with Gasteiger partial charge in [-0.2, -0.15) is 5.10 Å². The molecule has 2 aromatic carbocycles. The number of carbonyl (C=O) groups is 1. The molecule has 1 unspecified atom stereocenters. The molecular weight excluding hydrogens is 376 g/mol. The Balaban J connectivity index is 1.57. The summed E-state index contributed by atoms with van der Waals surface area (Å²) in [5, 5.41) is 9.74. The van der Waals surface area contributed by atoms with Crippen LogP contribution in [-0.4, -0.2) is 36.8 Å². The summed E-state index contributed by atoms with van der Waals surface area (Å²) in [6.45, 7) is 1.86. The molecule has 0 aliphatic carbocycles. The van der Waals surface area contributed by atoms with Crippen LogP contribution >= 0.6 is 0 Å². The Kier molecular flexibility index (Phi) is 4.43.